The molecule has 0 saturated carbocycles. The number of halogens is 4. The number of rotatable bonds is 4. The van der Waals surface area contributed by atoms with Crippen LogP contribution in [0.25, 0.3) is 0 Å². The zero-order chi connectivity index (χ0) is 30.3. The Morgan fingerprint density at radius 2 is 0.690 bits per heavy atom. The van der Waals surface area contributed by atoms with E-state index in [1.54, 1.807) is 26.1 Å². The summed E-state index contributed by atoms with van der Waals surface area (Å²) >= 11 is 1.75. The monoisotopic (exact) mass is 986 g/mol. The molecule has 0 saturated heterocycles. The van der Waals surface area contributed by atoms with Gasteiger partial charge in [-0.15, -0.1) is 18.2 Å². The molecule has 5 rings (SSSR count). The van der Waals surface area contributed by atoms with Gasteiger partial charge in [-0.3, -0.25) is 0 Å². The van der Waals surface area contributed by atoms with Gasteiger partial charge in [0.25, 0.3) is 0 Å². The third-order valence-corrected chi connectivity index (χ3v) is 10.9. The number of hydrogen-bond donors (Lipinski definition) is 0. The van der Waals surface area contributed by atoms with Crippen LogP contribution in [0.4, 0.5) is 13.2 Å². The molecule has 0 fully saturated rings. The number of benzene rings is 5. The average Bonchev–Trinajstić information content (AvgIpc) is 3.00. The second-order valence-corrected chi connectivity index (χ2v) is 14.7. The maximum atomic E-state index is 11.9. The molecule has 42 heavy (non-hydrogen) atoms. The molecule has 0 aliphatic heterocycles. The Kier molecular flexibility index (Phi) is 18.1. The van der Waals surface area contributed by atoms with Gasteiger partial charge in [0.05, 0.1) is 0 Å². The Hall–Kier alpha value is -1.48. The van der Waals surface area contributed by atoms with E-state index in [0.29, 0.717) is 12.1 Å². The van der Waals surface area contributed by atoms with E-state index in [1.807, 2.05) is 72.8 Å². The van der Waals surface area contributed by atoms with Crippen LogP contribution in [0.3, 0.4) is 0 Å². The first-order valence-corrected chi connectivity index (χ1v) is 19.1. The normalized spacial score (nSPS) is 10.3. The topological polar surface area (TPSA) is 0 Å². The summed E-state index contributed by atoms with van der Waals surface area (Å²) in [6.45, 7) is 17.2. The molecule has 0 aliphatic carbocycles. The Labute approximate surface area is 282 Å². The molecule has 0 heterocycles. The predicted octanol–water partition coefficient (Wildman–Crippen LogP) is 9.06. The van der Waals surface area contributed by atoms with Crippen LogP contribution in [0.5, 0.6) is 0 Å². The van der Waals surface area contributed by atoms with E-state index >= 15 is 0 Å². The standard InChI is InChI=1S/2C14H14P.C6H2F3.2Au.ClH/c2*1-15(2,13-9-5-3-6-10-13)14-11-7-4-8-12-14;7-4-1-5(8)3-6(9)2-4;;;/h2*3-12H,1-2H2;1-2H;;;1H/q3*-1;;+1;/p-1. The summed E-state index contributed by atoms with van der Waals surface area (Å²) in [6.07, 6.45) is 0. The van der Waals surface area contributed by atoms with E-state index in [-0.39, 0.29) is 22.4 Å². The first-order chi connectivity index (χ1) is 19.6. The van der Waals surface area contributed by atoms with Crippen molar-refractivity contribution >= 4 is 44.9 Å². The second kappa shape index (κ2) is 19.7. The summed E-state index contributed by atoms with van der Waals surface area (Å²) in [5.74, 6) is -2.97. The molecular formula is C34H30Au2ClF3P2-3. The zero-order valence-electron chi connectivity index (χ0n) is 22.5. The molecule has 0 unspecified atom stereocenters. The summed E-state index contributed by atoms with van der Waals surface area (Å²) in [5, 5.41) is 4.99. The molecule has 0 aliphatic rings. The number of hydrogen-bond acceptors (Lipinski definition) is 0. The van der Waals surface area contributed by atoms with Crippen molar-refractivity contribution in [2.75, 3.05) is 0 Å². The van der Waals surface area contributed by atoms with E-state index in [2.05, 4.69) is 84.4 Å². The van der Waals surface area contributed by atoms with Crippen LogP contribution in [-0.4, -0.2) is 0 Å². The zero-order valence-corrected chi connectivity index (χ0v) is 29.4. The molecule has 0 N–H and O–H groups in total. The molecule has 8 heteroatoms. The molecular weight excluding hydrogens is 957 g/mol. The van der Waals surface area contributed by atoms with Gasteiger partial charge >= 0.3 is 29.2 Å². The summed E-state index contributed by atoms with van der Waals surface area (Å²) < 4.78 is 35.7. The van der Waals surface area contributed by atoms with Crippen molar-refractivity contribution in [2.24, 2.45) is 0 Å². The average molecular weight is 987 g/mol. The van der Waals surface area contributed by atoms with Gasteiger partial charge in [0.2, 0.25) is 0 Å². The summed E-state index contributed by atoms with van der Waals surface area (Å²) in [6, 6.07) is 44.1. The van der Waals surface area contributed by atoms with Crippen molar-refractivity contribution in [3.05, 3.63) is 184 Å². The molecule has 0 nitrogen and oxygen atoms in total. The Morgan fingerprint density at radius 3 is 0.881 bits per heavy atom. The van der Waals surface area contributed by atoms with Gasteiger partial charge in [0.1, 0.15) is 0 Å². The molecule has 0 bridgehead atoms. The van der Waals surface area contributed by atoms with Gasteiger partial charge in [-0.25, -0.2) is 13.2 Å². The molecule has 0 spiro atoms. The third kappa shape index (κ3) is 12.3. The van der Waals surface area contributed by atoms with Gasteiger partial charge in [-0.1, -0.05) is 72.8 Å². The fourth-order valence-corrected chi connectivity index (χ4v) is 7.19. The van der Waals surface area contributed by atoms with Crippen LogP contribution in [-0.2, 0) is 42.4 Å². The first-order valence-electron chi connectivity index (χ1n) is 12.1. The van der Waals surface area contributed by atoms with E-state index in [0.717, 1.165) is 0 Å². The van der Waals surface area contributed by atoms with Gasteiger partial charge < -0.3 is 0 Å². The van der Waals surface area contributed by atoms with Crippen LogP contribution < -0.4 is 21.2 Å². The fourth-order valence-electron chi connectivity index (χ4n) is 3.62. The van der Waals surface area contributed by atoms with Crippen molar-refractivity contribution in [1.29, 1.82) is 0 Å². The van der Waals surface area contributed by atoms with Crippen LogP contribution in [0, 0.1) is 50.2 Å². The van der Waals surface area contributed by atoms with Gasteiger partial charge in [-0.2, -0.15) is 41.2 Å². The quantitative estimate of drug-likeness (QED) is 0.0959. The minimum atomic E-state index is -1.65. The predicted molar refractivity (Wildman–Crippen MR) is 171 cm³/mol. The maximum absolute atomic E-state index is 11.9. The Bertz CT molecular complexity index is 1200. The van der Waals surface area contributed by atoms with Crippen LogP contribution in [0.1, 0.15) is 0 Å². The van der Waals surface area contributed by atoms with E-state index < -0.39 is 32.0 Å². The SMILES string of the molecule is Fc1[c-]c(F)cc(F)c1.[Au].[CH2-][P+]([CH2-])(c1ccccc1)c1ccccc1.[CH2-][P+]([CH2-])(c1ccccc1)c1ccccc1.[Cl][Au]. The first kappa shape index (κ1) is 38.5. The Morgan fingerprint density at radius 1 is 0.476 bits per heavy atom. The van der Waals surface area contributed by atoms with Crippen molar-refractivity contribution in [2.45, 2.75) is 0 Å². The molecule has 0 aromatic heterocycles. The fraction of sp³-hybridized carbons (Fsp3) is 0. The van der Waals surface area contributed by atoms with Crippen molar-refractivity contribution in [3.63, 3.8) is 0 Å². The van der Waals surface area contributed by atoms with Gasteiger partial charge in [0, 0.05) is 61.1 Å². The van der Waals surface area contributed by atoms with Crippen LogP contribution in [0.15, 0.2) is 133 Å². The third-order valence-electron chi connectivity index (χ3n) is 5.77. The van der Waals surface area contributed by atoms with Crippen molar-refractivity contribution < 1.29 is 55.5 Å². The van der Waals surface area contributed by atoms with Crippen molar-refractivity contribution in [3.8, 4) is 0 Å². The van der Waals surface area contributed by atoms with E-state index in [1.165, 1.54) is 21.2 Å². The summed E-state index contributed by atoms with van der Waals surface area (Å²) in [7, 11) is 1.29. The molecule has 5 aromatic rings. The minimum absolute atomic E-state index is 0. The second-order valence-electron chi connectivity index (χ2n) is 8.77. The molecule has 5 aromatic carbocycles. The van der Waals surface area contributed by atoms with E-state index in [9.17, 15) is 13.2 Å². The summed E-state index contributed by atoms with van der Waals surface area (Å²) in [5.41, 5.74) is 0. The Balaban J connectivity index is 0.000000311. The van der Waals surface area contributed by atoms with Crippen LogP contribution >= 0.6 is 23.7 Å². The van der Waals surface area contributed by atoms with Crippen LogP contribution in [0.2, 0.25) is 0 Å². The van der Waals surface area contributed by atoms with Gasteiger partial charge in [0.15, 0.2) is 0 Å². The molecule has 0 atom stereocenters. The molecule has 0 amide bonds. The summed E-state index contributed by atoms with van der Waals surface area (Å²) in [4.78, 5) is 0. The molecule has 229 valence electrons. The molecule has 1 radical (unpaired) electrons. The van der Waals surface area contributed by atoms with E-state index in [4.69, 9.17) is 0 Å². The van der Waals surface area contributed by atoms with Crippen molar-refractivity contribution in [1.82, 2.24) is 0 Å². The van der Waals surface area contributed by atoms with Gasteiger partial charge in [-0.05, 0) is 48.5 Å².